The van der Waals surface area contributed by atoms with Crippen molar-refractivity contribution in [3.8, 4) is 0 Å². The first kappa shape index (κ1) is 26.3. The first-order chi connectivity index (χ1) is 18.0. The molecule has 5 rings (SSSR count). The van der Waals surface area contributed by atoms with Gasteiger partial charge >= 0.3 is 7.12 Å². The van der Waals surface area contributed by atoms with E-state index in [2.05, 4.69) is 41.3 Å². The van der Waals surface area contributed by atoms with Crippen LogP contribution in [-0.2, 0) is 13.0 Å². The molecule has 1 amide bonds. The molecule has 3 aliphatic rings. The number of nitrogens with two attached hydrogens (primary N) is 1. The van der Waals surface area contributed by atoms with Crippen molar-refractivity contribution in [2.75, 3.05) is 24.5 Å². The molecule has 198 valence electrons. The number of likely N-dealkylation sites (tertiary alicyclic amines) is 1. The molecule has 0 aromatic heterocycles. The second-order valence-corrected chi connectivity index (χ2v) is 11.4. The van der Waals surface area contributed by atoms with Gasteiger partial charge < -0.3 is 25.6 Å². The van der Waals surface area contributed by atoms with Gasteiger partial charge in [0.1, 0.15) is 0 Å². The minimum absolute atomic E-state index is 0.110. The van der Waals surface area contributed by atoms with Crippen LogP contribution in [0.15, 0.2) is 42.5 Å². The molecule has 7 heteroatoms. The summed E-state index contributed by atoms with van der Waals surface area (Å²) in [7, 11) is -1.32. The minimum atomic E-state index is -1.32. The molecule has 6 nitrogen and oxygen atoms in total. The summed E-state index contributed by atoms with van der Waals surface area (Å²) >= 11 is 0. The van der Waals surface area contributed by atoms with E-state index in [1.807, 2.05) is 11.0 Å². The number of fused-ring (bicyclic) bond motifs is 1. The van der Waals surface area contributed by atoms with E-state index in [-0.39, 0.29) is 11.7 Å². The second kappa shape index (κ2) is 12.0. The monoisotopic (exact) mass is 503 g/mol. The Labute approximate surface area is 222 Å². The van der Waals surface area contributed by atoms with Crippen LogP contribution in [0.4, 0.5) is 5.69 Å². The van der Waals surface area contributed by atoms with E-state index in [1.165, 1.54) is 37.7 Å². The highest BCUT2D eigenvalue weighted by molar-refractivity contribution is 6.43. The van der Waals surface area contributed by atoms with Crippen molar-refractivity contribution >= 4 is 18.7 Å². The molecule has 2 aromatic carbocycles. The van der Waals surface area contributed by atoms with Crippen LogP contribution in [-0.4, -0.2) is 53.6 Å². The van der Waals surface area contributed by atoms with Crippen LogP contribution in [0.3, 0.4) is 0 Å². The maximum Gasteiger partial charge on any atom is 0.456 e. The molecular formula is C30H42BN3O3. The van der Waals surface area contributed by atoms with E-state index in [1.54, 1.807) is 0 Å². The third-order valence-corrected chi connectivity index (χ3v) is 8.93. The maximum atomic E-state index is 13.6. The summed E-state index contributed by atoms with van der Waals surface area (Å²) in [5.41, 5.74) is 11.3. The van der Waals surface area contributed by atoms with Crippen LogP contribution in [0.25, 0.3) is 0 Å². The predicted molar refractivity (Wildman–Crippen MR) is 150 cm³/mol. The van der Waals surface area contributed by atoms with E-state index in [0.29, 0.717) is 31.5 Å². The summed E-state index contributed by atoms with van der Waals surface area (Å²) in [6, 6.07) is 15.0. The quantitative estimate of drug-likeness (QED) is 0.524. The average Bonchev–Trinajstić information content (AvgIpc) is 2.92. The Kier molecular flexibility index (Phi) is 8.53. The van der Waals surface area contributed by atoms with Crippen molar-refractivity contribution in [3.63, 3.8) is 0 Å². The summed E-state index contributed by atoms with van der Waals surface area (Å²) in [5.74, 6) is 0.380. The lowest BCUT2D eigenvalue weighted by Crippen LogP contribution is -2.45. The Bertz CT molecular complexity index is 1060. The van der Waals surface area contributed by atoms with Crippen molar-refractivity contribution in [3.05, 3.63) is 64.7 Å². The normalized spacial score (nSPS) is 21.8. The van der Waals surface area contributed by atoms with Crippen LogP contribution < -0.4 is 10.6 Å². The SMILES string of the molecule is NCc1cccc(C2CCN(C(=O)c3ccc4c(c3)N(C3CCCCCCC3)CC(B(O)O)C4)CC2)c1. The van der Waals surface area contributed by atoms with Gasteiger partial charge in [-0.1, -0.05) is 62.4 Å². The Balaban J connectivity index is 1.32. The molecule has 1 saturated carbocycles. The molecule has 37 heavy (non-hydrogen) atoms. The van der Waals surface area contributed by atoms with Crippen LogP contribution in [0.1, 0.15) is 90.8 Å². The molecule has 1 unspecified atom stereocenters. The Hall–Kier alpha value is -2.35. The summed E-state index contributed by atoms with van der Waals surface area (Å²) in [4.78, 5) is 18.0. The van der Waals surface area contributed by atoms with E-state index < -0.39 is 7.12 Å². The van der Waals surface area contributed by atoms with Crippen molar-refractivity contribution in [2.45, 2.75) is 88.5 Å². The van der Waals surface area contributed by atoms with Gasteiger partial charge in [-0.2, -0.15) is 0 Å². The molecule has 0 bridgehead atoms. The molecule has 1 atom stereocenters. The molecule has 2 fully saturated rings. The number of hydrogen-bond acceptors (Lipinski definition) is 5. The molecule has 2 aliphatic heterocycles. The minimum Gasteiger partial charge on any atom is -0.427 e. The Morgan fingerprint density at radius 1 is 0.946 bits per heavy atom. The van der Waals surface area contributed by atoms with E-state index in [4.69, 9.17) is 5.73 Å². The maximum absolute atomic E-state index is 13.6. The number of benzene rings is 2. The van der Waals surface area contributed by atoms with Crippen molar-refractivity contribution in [2.24, 2.45) is 5.73 Å². The van der Waals surface area contributed by atoms with Gasteiger partial charge in [0, 0.05) is 49.3 Å². The molecular weight excluding hydrogens is 461 g/mol. The fourth-order valence-corrected chi connectivity index (χ4v) is 6.70. The third-order valence-electron chi connectivity index (χ3n) is 8.93. The van der Waals surface area contributed by atoms with E-state index in [9.17, 15) is 14.8 Å². The van der Waals surface area contributed by atoms with Crippen LogP contribution in [0, 0.1) is 0 Å². The topological polar surface area (TPSA) is 90.0 Å². The molecule has 0 spiro atoms. The number of carbonyl (C=O) groups is 1. The highest BCUT2D eigenvalue weighted by Crippen LogP contribution is 2.38. The average molecular weight is 503 g/mol. The zero-order chi connectivity index (χ0) is 25.8. The lowest BCUT2D eigenvalue weighted by atomic mass is 9.67. The smallest absolute Gasteiger partial charge is 0.427 e. The summed E-state index contributed by atoms with van der Waals surface area (Å²) in [6.07, 6.45) is 11.1. The van der Waals surface area contributed by atoms with Crippen LogP contribution in [0.2, 0.25) is 5.82 Å². The van der Waals surface area contributed by atoms with E-state index in [0.717, 1.165) is 61.2 Å². The van der Waals surface area contributed by atoms with Gasteiger partial charge in [0.05, 0.1) is 0 Å². The van der Waals surface area contributed by atoms with Crippen molar-refractivity contribution in [1.29, 1.82) is 0 Å². The molecule has 2 aromatic rings. The first-order valence-electron chi connectivity index (χ1n) is 14.4. The Morgan fingerprint density at radius 3 is 2.38 bits per heavy atom. The predicted octanol–water partition coefficient (Wildman–Crippen LogP) is 4.48. The summed E-state index contributed by atoms with van der Waals surface area (Å²) in [5, 5.41) is 20.1. The van der Waals surface area contributed by atoms with E-state index >= 15 is 0 Å². The molecule has 1 saturated heterocycles. The Morgan fingerprint density at radius 2 is 1.68 bits per heavy atom. The molecule has 2 heterocycles. The van der Waals surface area contributed by atoms with Gasteiger partial charge in [0.25, 0.3) is 5.91 Å². The second-order valence-electron chi connectivity index (χ2n) is 11.4. The number of piperidine rings is 1. The van der Waals surface area contributed by atoms with Crippen LogP contribution in [0.5, 0.6) is 0 Å². The van der Waals surface area contributed by atoms with Gasteiger partial charge in [-0.3, -0.25) is 4.79 Å². The zero-order valence-corrected chi connectivity index (χ0v) is 22.0. The fraction of sp³-hybridized carbons (Fsp3) is 0.567. The summed E-state index contributed by atoms with van der Waals surface area (Å²) in [6.45, 7) is 2.72. The van der Waals surface area contributed by atoms with Gasteiger partial charge in [-0.05, 0) is 66.8 Å². The number of amides is 1. The number of rotatable bonds is 5. The van der Waals surface area contributed by atoms with Gasteiger partial charge in [0.15, 0.2) is 0 Å². The lowest BCUT2D eigenvalue weighted by Gasteiger charge is -2.42. The van der Waals surface area contributed by atoms with Gasteiger partial charge in [-0.15, -0.1) is 0 Å². The third kappa shape index (κ3) is 6.05. The summed E-state index contributed by atoms with van der Waals surface area (Å²) < 4.78 is 0. The number of anilines is 1. The van der Waals surface area contributed by atoms with Gasteiger partial charge in [0.2, 0.25) is 0 Å². The number of carbonyl (C=O) groups excluding carboxylic acids is 1. The van der Waals surface area contributed by atoms with Crippen molar-refractivity contribution in [1.82, 2.24) is 4.90 Å². The molecule has 1 aliphatic carbocycles. The highest BCUT2D eigenvalue weighted by Gasteiger charge is 2.35. The highest BCUT2D eigenvalue weighted by atomic mass is 16.4. The fourth-order valence-electron chi connectivity index (χ4n) is 6.70. The number of nitrogens with zero attached hydrogens (tertiary/aromatic N) is 2. The van der Waals surface area contributed by atoms with Gasteiger partial charge in [-0.25, -0.2) is 0 Å². The lowest BCUT2D eigenvalue weighted by molar-refractivity contribution is 0.0713. The first-order valence-corrected chi connectivity index (χ1v) is 14.4. The molecule has 4 N–H and O–H groups in total. The standard InChI is InChI=1S/C30H42BN3O3/c32-20-22-7-6-8-24(17-22)23-13-15-33(16-14-23)30(35)26-12-11-25-18-27(31(36)37)21-34(29(25)19-26)28-9-4-2-1-3-5-10-28/h6-8,11-12,17,19,23,27-28,36-37H,1-5,9-10,13-16,18,20-21,32H2. The largest absolute Gasteiger partial charge is 0.456 e. The number of hydrogen-bond donors (Lipinski definition) is 3. The van der Waals surface area contributed by atoms with Crippen LogP contribution >= 0.6 is 0 Å². The zero-order valence-electron chi connectivity index (χ0n) is 22.0. The van der Waals surface area contributed by atoms with Crippen molar-refractivity contribution < 1.29 is 14.8 Å². The molecule has 0 radical (unpaired) electrons.